The van der Waals surface area contributed by atoms with Crippen molar-refractivity contribution in [2.75, 3.05) is 0 Å². The number of halogens is 1. The SMILES string of the molecule is CC1=CC(C)CC(C2CC(N)c3ccc(F)cc3O2)C1. The molecule has 2 aliphatic rings. The number of allylic oxidation sites excluding steroid dienone is 2. The van der Waals surface area contributed by atoms with Crippen LogP contribution in [0.5, 0.6) is 5.75 Å². The third-order valence-corrected chi connectivity index (χ3v) is 4.49. The smallest absolute Gasteiger partial charge is 0.127 e. The normalized spacial score (nSPS) is 33.1. The van der Waals surface area contributed by atoms with E-state index in [1.807, 2.05) is 0 Å². The van der Waals surface area contributed by atoms with Crippen molar-refractivity contribution < 1.29 is 9.13 Å². The fraction of sp³-hybridized carbons (Fsp3) is 0.529. The molecule has 3 rings (SSSR count). The molecule has 2 nitrogen and oxygen atoms in total. The van der Waals surface area contributed by atoms with Gasteiger partial charge in [-0.2, -0.15) is 0 Å². The zero-order valence-electron chi connectivity index (χ0n) is 12.1. The highest BCUT2D eigenvalue weighted by Gasteiger charge is 2.34. The number of hydrogen-bond acceptors (Lipinski definition) is 2. The average Bonchev–Trinajstić information content (AvgIpc) is 2.36. The van der Waals surface area contributed by atoms with Crippen molar-refractivity contribution in [3.8, 4) is 5.75 Å². The molecule has 1 aliphatic heterocycles. The predicted molar refractivity (Wildman–Crippen MR) is 78.0 cm³/mol. The summed E-state index contributed by atoms with van der Waals surface area (Å²) in [6.45, 7) is 4.42. The Balaban J connectivity index is 1.82. The summed E-state index contributed by atoms with van der Waals surface area (Å²) in [6, 6.07) is 4.62. The highest BCUT2D eigenvalue weighted by Crippen LogP contribution is 2.40. The lowest BCUT2D eigenvalue weighted by Gasteiger charge is -2.37. The van der Waals surface area contributed by atoms with E-state index in [0.717, 1.165) is 24.8 Å². The van der Waals surface area contributed by atoms with Gasteiger partial charge in [0.1, 0.15) is 17.7 Å². The first-order valence-electron chi connectivity index (χ1n) is 7.42. The van der Waals surface area contributed by atoms with E-state index in [9.17, 15) is 4.39 Å². The van der Waals surface area contributed by atoms with Gasteiger partial charge in [-0.3, -0.25) is 0 Å². The van der Waals surface area contributed by atoms with E-state index >= 15 is 0 Å². The summed E-state index contributed by atoms with van der Waals surface area (Å²) in [7, 11) is 0. The summed E-state index contributed by atoms with van der Waals surface area (Å²) in [5, 5.41) is 0. The third kappa shape index (κ3) is 2.59. The molecule has 0 saturated carbocycles. The molecule has 0 bridgehead atoms. The third-order valence-electron chi connectivity index (χ3n) is 4.49. The van der Waals surface area contributed by atoms with Crippen LogP contribution in [0.2, 0.25) is 0 Å². The van der Waals surface area contributed by atoms with Crippen LogP contribution in [-0.4, -0.2) is 6.10 Å². The highest BCUT2D eigenvalue weighted by atomic mass is 19.1. The van der Waals surface area contributed by atoms with Crippen LogP contribution in [-0.2, 0) is 0 Å². The van der Waals surface area contributed by atoms with Crippen LogP contribution in [0.1, 0.15) is 44.7 Å². The molecule has 0 aromatic heterocycles. The number of nitrogens with two attached hydrogens (primary N) is 1. The lowest BCUT2D eigenvalue weighted by molar-refractivity contribution is 0.0854. The second kappa shape index (κ2) is 5.21. The second-order valence-electron chi connectivity index (χ2n) is 6.37. The molecule has 0 radical (unpaired) electrons. The van der Waals surface area contributed by atoms with Crippen molar-refractivity contribution in [3.63, 3.8) is 0 Å². The zero-order chi connectivity index (χ0) is 14.3. The Kier molecular flexibility index (Phi) is 3.55. The minimum absolute atomic E-state index is 0.0501. The molecule has 1 aliphatic carbocycles. The van der Waals surface area contributed by atoms with E-state index in [-0.39, 0.29) is 18.0 Å². The Labute approximate surface area is 119 Å². The Bertz CT molecular complexity index is 540. The average molecular weight is 275 g/mol. The molecule has 1 aromatic carbocycles. The number of hydrogen-bond donors (Lipinski definition) is 1. The van der Waals surface area contributed by atoms with Gasteiger partial charge in [0, 0.05) is 30.0 Å². The minimum atomic E-state index is -0.260. The highest BCUT2D eigenvalue weighted by molar-refractivity contribution is 5.38. The quantitative estimate of drug-likeness (QED) is 0.787. The molecular weight excluding hydrogens is 253 g/mol. The van der Waals surface area contributed by atoms with Gasteiger partial charge in [0.15, 0.2) is 0 Å². The minimum Gasteiger partial charge on any atom is -0.490 e. The summed E-state index contributed by atoms with van der Waals surface area (Å²) in [6.07, 6.45) is 5.45. The molecule has 20 heavy (non-hydrogen) atoms. The van der Waals surface area contributed by atoms with Gasteiger partial charge in [0.25, 0.3) is 0 Å². The molecule has 0 saturated heterocycles. The van der Waals surface area contributed by atoms with E-state index in [0.29, 0.717) is 17.6 Å². The number of fused-ring (bicyclic) bond motifs is 1. The van der Waals surface area contributed by atoms with Crippen LogP contribution in [0.3, 0.4) is 0 Å². The molecule has 1 aromatic rings. The number of rotatable bonds is 1. The fourth-order valence-electron chi connectivity index (χ4n) is 3.67. The summed E-state index contributed by atoms with van der Waals surface area (Å²) in [5.41, 5.74) is 8.60. The van der Waals surface area contributed by atoms with Crippen molar-refractivity contribution in [2.45, 2.75) is 45.3 Å². The molecule has 4 unspecified atom stereocenters. The largest absolute Gasteiger partial charge is 0.490 e. The van der Waals surface area contributed by atoms with E-state index in [2.05, 4.69) is 19.9 Å². The van der Waals surface area contributed by atoms with Crippen LogP contribution in [0.25, 0.3) is 0 Å². The number of benzene rings is 1. The van der Waals surface area contributed by atoms with Gasteiger partial charge in [-0.05, 0) is 31.7 Å². The molecule has 2 N–H and O–H groups in total. The maximum Gasteiger partial charge on any atom is 0.127 e. The van der Waals surface area contributed by atoms with Crippen molar-refractivity contribution in [3.05, 3.63) is 41.2 Å². The van der Waals surface area contributed by atoms with Gasteiger partial charge in [-0.1, -0.05) is 24.6 Å². The van der Waals surface area contributed by atoms with Gasteiger partial charge in [0.05, 0.1) is 0 Å². The molecule has 3 heteroatoms. The van der Waals surface area contributed by atoms with E-state index in [1.54, 1.807) is 6.07 Å². The number of ether oxygens (including phenoxy) is 1. The summed E-state index contributed by atoms with van der Waals surface area (Å²) in [4.78, 5) is 0. The van der Waals surface area contributed by atoms with Crippen molar-refractivity contribution >= 4 is 0 Å². The molecule has 0 fully saturated rings. The lowest BCUT2D eigenvalue weighted by atomic mass is 9.78. The summed E-state index contributed by atoms with van der Waals surface area (Å²) in [5.74, 6) is 1.44. The molecular formula is C17H22FNO. The lowest BCUT2D eigenvalue weighted by Crippen LogP contribution is -2.37. The summed E-state index contributed by atoms with van der Waals surface area (Å²) < 4.78 is 19.5. The van der Waals surface area contributed by atoms with Gasteiger partial charge >= 0.3 is 0 Å². The maximum absolute atomic E-state index is 13.4. The van der Waals surface area contributed by atoms with Crippen molar-refractivity contribution in [2.24, 2.45) is 17.6 Å². The first-order chi connectivity index (χ1) is 9.52. The Morgan fingerprint density at radius 2 is 2.10 bits per heavy atom. The Morgan fingerprint density at radius 3 is 2.85 bits per heavy atom. The summed E-state index contributed by atoms with van der Waals surface area (Å²) >= 11 is 0. The van der Waals surface area contributed by atoms with Gasteiger partial charge in [0.2, 0.25) is 0 Å². The second-order valence-corrected chi connectivity index (χ2v) is 6.37. The molecule has 0 amide bonds. The Morgan fingerprint density at radius 1 is 1.30 bits per heavy atom. The first-order valence-corrected chi connectivity index (χ1v) is 7.42. The predicted octanol–water partition coefficient (Wildman–Crippen LogP) is 3.97. The van der Waals surface area contributed by atoms with Gasteiger partial charge in [-0.25, -0.2) is 4.39 Å². The van der Waals surface area contributed by atoms with Gasteiger partial charge < -0.3 is 10.5 Å². The molecule has 0 spiro atoms. The van der Waals surface area contributed by atoms with Crippen LogP contribution in [0.15, 0.2) is 29.8 Å². The molecule has 4 atom stereocenters. The topological polar surface area (TPSA) is 35.2 Å². The van der Waals surface area contributed by atoms with Crippen LogP contribution >= 0.6 is 0 Å². The maximum atomic E-state index is 13.4. The Hall–Kier alpha value is -1.35. The van der Waals surface area contributed by atoms with Crippen LogP contribution in [0.4, 0.5) is 4.39 Å². The molecule has 108 valence electrons. The zero-order valence-corrected chi connectivity index (χ0v) is 12.1. The van der Waals surface area contributed by atoms with E-state index in [4.69, 9.17) is 10.5 Å². The van der Waals surface area contributed by atoms with Crippen LogP contribution in [0, 0.1) is 17.7 Å². The fourth-order valence-corrected chi connectivity index (χ4v) is 3.67. The van der Waals surface area contributed by atoms with Crippen molar-refractivity contribution in [1.29, 1.82) is 0 Å². The standard InChI is InChI=1S/C17H22FNO/c1-10-5-11(2)7-12(6-10)16-9-15(19)14-4-3-13(18)8-17(14)20-16/h3-5,8,10,12,15-16H,6-7,9,19H2,1-2H3. The molecule has 1 heterocycles. The van der Waals surface area contributed by atoms with Crippen LogP contribution < -0.4 is 10.5 Å². The monoisotopic (exact) mass is 275 g/mol. The van der Waals surface area contributed by atoms with E-state index in [1.165, 1.54) is 17.7 Å². The van der Waals surface area contributed by atoms with Crippen molar-refractivity contribution in [1.82, 2.24) is 0 Å². The van der Waals surface area contributed by atoms with Gasteiger partial charge in [-0.15, -0.1) is 0 Å². The van der Waals surface area contributed by atoms with E-state index < -0.39 is 0 Å². The first kappa shape index (κ1) is 13.6.